The van der Waals surface area contributed by atoms with Gasteiger partial charge in [0.1, 0.15) is 6.23 Å². The van der Waals surface area contributed by atoms with Crippen molar-refractivity contribution in [2.45, 2.75) is 43.6 Å². The highest BCUT2D eigenvalue weighted by Crippen LogP contribution is 2.39. The van der Waals surface area contributed by atoms with E-state index in [1.54, 1.807) is 0 Å². The summed E-state index contributed by atoms with van der Waals surface area (Å²) in [7, 11) is 4.09. The second-order valence-electron chi connectivity index (χ2n) is 5.02. The number of ether oxygens (including phenoxy) is 2. The van der Waals surface area contributed by atoms with Gasteiger partial charge in [-0.15, -0.1) is 0 Å². The molecule has 0 spiro atoms. The minimum Gasteiger partial charge on any atom is -0.471 e. The first-order valence-corrected chi connectivity index (χ1v) is 10.2. The van der Waals surface area contributed by atoms with Gasteiger partial charge in [-0.05, 0) is 31.5 Å². The van der Waals surface area contributed by atoms with Crippen LogP contribution >= 0.6 is 33.8 Å². The first-order chi connectivity index (χ1) is 9.84. The smallest absolute Gasteiger partial charge is 0.258 e. The summed E-state index contributed by atoms with van der Waals surface area (Å²) < 4.78 is 11.0. The van der Waals surface area contributed by atoms with Crippen molar-refractivity contribution in [3.8, 4) is 0 Å². The first-order valence-electron chi connectivity index (χ1n) is 7.38. The molecule has 2 heterocycles. The number of morpholine rings is 1. The Morgan fingerprint density at radius 1 is 1.40 bits per heavy atom. The summed E-state index contributed by atoms with van der Waals surface area (Å²) in [6.45, 7) is 3.11. The van der Waals surface area contributed by atoms with E-state index in [0.29, 0.717) is 11.8 Å². The molecule has 0 aliphatic carbocycles. The lowest BCUT2D eigenvalue weighted by Gasteiger charge is -2.25. The van der Waals surface area contributed by atoms with Crippen LogP contribution < -0.4 is 10.6 Å². The molecule has 0 saturated carbocycles. The molecule has 7 heteroatoms. The summed E-state index contributed by atoms with van der Waals surface area (Å²) in [5.41, 5.74) is 0. The average Bonchev–Trinajstić information content (AvgIpc) is 2.97. The van der Waals surface area contributed by atoms with Crippen LogP contribution in [0.15, 0.2) is 0 Å². The molecule has 0 aromatic rings. The molecule has 116 valence electrons. The molecule has 0 bridgehead atoms. The predicted molar refractivity (Wildman–Crippen MR) is 91.2 cm³/mol. The van der Waals surface area contributed by atoms with Gasteiger partial charge in [0.15, 0.2) is 0 Å². The fourth-order valence-electron chi connectivity index (χ4n) is 2.21. The van der Waals surface area contributed by atoms with Crippen molar-refractivity contribution in [2.24, 2.45) is 0 Å². The molecule has 2 saturated heterocycles. The zero-order valence-electron chi connectivity index (χ0n) is 11.8. The average molecular weight is 337 g/mol. The Hall–Kier alpha value is 0.310. The Bertz CT molecular complexity index is 283. The van der Waals surface area contributed by atoms with E-state index in [1.807, 2.05) is 10.8 Å². The molecule has 2 rings (SSSR count). The topological polar surface area (TPSA) is 42.5 Å². The van der Waals surface area contributed by atoms with Gasteiger partial charge in [0, 0.05) is 24.1 Å². The summed E-state index contributed by atoms with van der Waals surface area (Å²) in [4.78, 5) is 0. The summed E-state index contributed by atoms with van der Waals surface area (Å²) in [6.07, 6.45) is 6.30. The van der Waals surface area contributed by atoms with E-state index in [1.165, 1.54) is 31.4 Å². The third kappa shape index (κ3) is 6.85. The number of rotatable bonds is 7. The molecular formula is C13H24N2O2S3. The van der Waals surface area contributed by atoms with Crippen LogP contribution in [-0.2, 0) is 9.47 Å². The quantitative estimate of drug-likeness (QED) is 0.421. The van der Waals surface area contributed by atoms with Crippen molar-refractivity contribution in [3.63, 3.8) is 0 Å². The van der Waals surface area contributed by atoms with Crippen LogP contribution in [0.5, 0.6) is 0 Å². The molecule has 4 nitrogen and oxygen atoms in total. The number of hydrogen-bond donors (Lipinski definition) is 2. The van der Waals surface area contributed by atoms with Crippen LogP contribution in [0.2, 0.25) is 0 Å². The highest BCUT2D eigenvalue weighted by Gasteiger charge is 2.16. The van der Waals surface area contributed by atoms with E-state index in [9.17, 15) is 0 Å². The summed E-state index contributed by atoms with van der Waals surface area (Å²) in [5, 5.41) is 7.67. The van der Waals surface area contributed by atoms with Crippen LogP contribution in [-0.4, -0.2) is 48.7 Å². The van der Waals surface area contributed by atoms with Crippen molar-refractivity contribution in [1.29, 1.82) is 0 Å². The SMILES string of the molecule is S=C(NC1CNCCO1)OCCCCCC1CCSS1. The highest BCUT2D eigenvalue weighted by atomic mass is 33.1. The van der Waals surface area contributed by atoms with E-state index in [-0.39, 0.29) is 6.23 Å². The van der Waals surface area contributed by atoms with Gasteiger partial charge in [0.05, 0.1) is 13.2 Å². The van der Waals surface area contributed by atoms with Crippen molar-refractivity contribution in [3.05, 3.63) is 0 Å². The molecule has 2 atom stereocenters. The largest absolute Gasteiger partial charge is 0.471 e. The van der Waals surface area contributed by atoms with Gasteiger partial charge in [-0.3, -0.25) is 0 Å². The maximum Gasteiger partial charge on any atom is 0.258 e. The summed E-state index contributed by atoms with van der Waals surface area (Å²) >= 11 is 5.15. The monoisotopic (exact) mass is 336 g/mol. The minimum atomic E-state index is -0.0480. The Morgan fingerprint density at radius 2 is 2.35 bits per heavy atom. The number of hydrogen-bond acceptors (Lipinski definition) is 6. The van der Waals surface area contributed by atoms with Crippen LogP contribution in [0.1, 0.15) is 32.1 Å². The molecule has 2 aliphatic heterocycles. The van der Waals surface area contributed by atoms with Crippen molar-refractivity contribution >= 4 is 39.0 Å². The van der Waals surface area contributed by atoms with Gasteiger partial charge in [-0.25, -0.2) is 0 Å². The predicted octanol–water partition coefficient (Wildman–Crippen LogP) is 2.54. The third-order valence-corrected chi connectivity index (χ3v) is 6.58. The van der Waals surface area contributed by atoms with Crippen LogP contribution in [0.3, 0.4) is 0 Å². The maximum absolute atomic E-state index is 5.52. The fourth-order valence-corrected chi connectivity index (χ4v) is 5.45. The molecule has 2 aliphatic rings. The lowest BCUT2D eigenvalue weighted by molar-refractivity contribution is 0.0157. The van der Waals surface area contributed by atoms with Gasteiger partial charge >= 0.3 is 0 Å². The van der Waals surface area contributed by atoms with Crippen molar-refractivity contribution in [2.75, 3.05) is 32.1 Å². The maximum atomic E-state index is 5.52. The van der Waals surface area contributed by atoms with E-state index in [0.717, 1.165) is 31.4 Å². The fraction of sp³-hybridized carbons (Fsp3) is 0.923. The Balaban J connectivity index is 1.40. The highest BCUT2D eigenvalue weighted by molar-refractivity contribution is 8.77. The Kier molecular flexibility index (Phi) is 8.43. The molecule has 0 aromatic carbocycles. The molecule has 2 N–H and O–H groups in total. The van der Waals surface area contributed by atoms with E-state index in [4.69, 9.17) is 21.7 Å². The third-order valence-electron chi connectivity index (χ3n) is 3.34. The molecule has 0 radical (unpaired) electrons. The van der Waals surface area contributed by atoms with Gasteiger partial charge in [0.2, 0.25) is 0 Å². The Labute approximate surface area is 134 Å². The summed E-state index contributed by atoms with van der Waals surface area (Å²) in [6, 6.07) is 0. The molecule has 0 aromatic heterocycles. The lowest BCUT2D eigenvalue weighted by atomic mass is 10.1. The molecule has 2 fully saturated rings. The van der Waals surface area contributed by atoms with Crippen LogP contribution in [0.25, 0.3) is 0 Å². The van der Waals surface area contributed by atoms with Gasteiger partial charge in [-0.1, -0.05) is 34.4 Å². The van der Waals surface area contributed by atoms with Crippen molar-refractivity contribution < 1.29 is 9.47 Å². The molecule has 0 amide bonds. The zero-order chi connectivity index (χ0) is 14.0. The summed E-state index contributed by atoms with van der Waals surface area (Å²) in [5.74, 6) is 1.33. The lowest BCUT2D eigenvalue weighted by Crippen LogP contribution is -2.49. The van der Waals surface area contributed by atoms with Gasteiger partial charge in [0.25, 0.3) is 5.17 Å². The van der Waals surface area contributed by atoms with Crippen LogP contribution in [0.4, 0.5) is 0 Å². The first kappa shape index (κ1) is 16.7. The normalized spacial score (nSPS) is 26.4. The minimum absolute atomic E-state index is 0.0480. The standard InChI is InChI=1S/C13H24N2O2S3/c18-13(15-12-10-14-6-8-16-12)17-7-3-1-2-4-11-5-9-19-20-11/h11-12,14H,1-10H2,(H,15,18). The number of thiocarbonyl (C=S) groups is 1. The Morgan fingerprint density at radius 3 is 3.10 bits per heavy atom. The molecular weight excluding hydrogens is 312 g/mol. The molecule has 20 heavy (non-hydrogen) atoms. The van der Waals surface area contributed by atoms with Crippen LogP contribution in [0, 0.1) is 0 Å². The second kappa shape index (κ2) is 10.1. The van der Waals surface area contributed by atoms with Gasteiger partial charge < -0.3 is 20.1 Å². The van der Waals surface area contributed by atoms with E-state index >= 15 is 0 Å². The van der Waals surface area contributed by atoms with E-state index < -0.39 is 0 Å². The van der Waals surface area contributed by atoms with E-state index in [2.05, 4.69) is 21.4 Å². The molecule has 2 unspecified atom stereocenters. The second-order valence-corrected chi connectivity index (χ2v) is 8.18. The number of unbranched alkanes of at least 4 members (excludes halogenated alkanes) is 2. The number of nitrogens with one attached hydrogen (secondary N) is 2. The van der Waals surface area contributed by atoms with Crippen molar-refractivity contribution in [1.82, 2.24) is 10.6 Å². The zero-order valence-corrected chi connectivity index (χ0v) is 14.2. The van der Waals surface area contributed by atoms with Gasteiger partial charge in [-0.2, -0.15) is 0 Å².